The molecule has 6 nitrogen and oxygen atoms in total. The van der Waals surface area contributed by atoms with Gasteiger partial charge in [0.2, 0.25) is 5.75 Å². The molecule has 1 aliphatic carbocycles. The summed E-state index contributed by atoms with van der Waals surface area (Å²) in [6.45, 7) is 0.212. The molecule has 0 saturated heterocycles. The van der Waals surface area contributed by atoms with Gasteiger partial charge in [0.25, 0.3) is 0 Å². The Morgan fingerprint density at radius 1 is 1.39 bits per heavy atom. The first-order valence-corrected chi connectivity index (χ1v) is 6.24. The highest BCUT2D eigenvalue weighted by Gasteiger charge is 2.28. The highest BCUT2D eigenvalue weighted by atomic mass is 16.5. The molecular formula is C12H20N4O2. The van der Waals surface area contributed by atoms with E-state index in [0.717, 1.165) is 19.3 Å². The van der Waals surface area contributed by atoms with Gasteiger partial charge in [-0.3, -0.25) is 0 Å². The molecule has 1 aliphatic rings. The molecule has 100 valence electrons. The average molecular weight is 252 g/mol. The zero-order chi connectivity index (χ0) is 13.0. The van der Waals surface area contributed by atoms with Gasteiger partial charge in [0.05, 0.1) is 7.11 Å². The van der Waals surface area contributed by atoms with Crippen LogP contribution in [-0.2, 0) is 0 Å². The van der Waals surface area contributed by atoms with Crippen LogP contribution >= 0.6 is 0 Å². The van der Waals surface area contributed by atoms with Gasteiger partial charge in [0.1, 0.15) is 6.33 Å². The van der Waals surface area contributed by atoms with E-state index in [1.807, 2.05) is 0 Å². The summed E-state index contributed by atoms with van der Waals surface area (Å²) in [5.41, 5.74) is 0. The van der Waals surface area contributed by atoms with Crippen LogP contribution in [0, 0.1) is 5.92 Å². The summed E-state index contributed by atoms with van der Waals surface area (Å²) < 4.78 is 5.33. The van der Waals surface area contributed by atoms with Crippen LogP contribution < -0.4 is 15.4 Å². The van der Waals surface area contributed by atoms with Gasteiger partial charge in [-0.1, -0.05) is 6.42 Å². The lowest BCUT2D eigenvalue weighted by Crippen LogP contribution is -2.27. The zero-order valence-electron chi connectivity index (χ0n) is 10.8. The van der Waals surface area contributed by atoms with E-state index in [0.29, 0.717) is 23.3 Å². The number of aliphatic hydroxyl groups excluding tert-OH is 1. The molecule has 0 amide bonds. The van der Waals surface area contributed by atoms with Crippen molar-refractivity contribution >= 4 is 11.6 Å². The van der Waals surface area contributed by atoms with Crippen LogP contribution in [-0.4, -0.2) is 41.9 Å². The van der Waals surface area contributed by atoms with E-state index < -0.39 is 0 Å². The van der Waals surface area contributed by atoms with Crippen molar-refractivity contribution in [3.05, 3.63) is 6.33 Å². The lowest BCUT2D eigenvalue weighted by molar-refractivity contribution is 0.222. The zero-order valence-corrected chi connectivity index (χ0v) is 10.8. The van der Waals surface area contributed by atoms with Crippen LogP contribution in [0.3, 0.4) is 0 Å². The lowest BCUT2D eigenvalue weighted by Gasteiger charge is -2.21. The Labute approximate surface area is 107 Å². The third-order valence-corrected chi connectivity index (χ3v) is 3.46. The van der Waals surface area contributed by atoms with Crippen molar-refractivity contribution in [2.24, 2.45) is 5.92 Å². The van der Waals surface area contributed by atoms with E-state index in [4.69, 9.17) is 4.74 Å². The molecule has 0 spiro atoms. The SMILES string of the molecule is CNc1ncnc(NC2CCCC2CO)c1OC. The van der Waals surface area contributed by atoms with Crippen LogP contribution in [0.4, 0.5) is 11.6 Å². The molecule has 2 atom stereocenters. The first-order chi connectivity index (χ1) is 8.80. The number of aromatic nitrogens is 2. The summed E-state index contributed by atoms with van der Waals surface area (Å²) >= 11 is 0. The van der Waals surface area contributed by atoms with Gasteiger partial charge in [0.15, 0.2) is 11.6 Å². The predicted molar refractivity (Wildman–Crippen MR) is 70.0 cm³/mol. The average Bonchev–Trinajstić information content (AvgIpc) is 2.85. The van der Waals surface area contributed by atoms with E-state index in [-0.39, 0.29) is 12.6 Å². The Kier molecular flexibility index (Phi) is 4.19. The van der Waals surface area contributed by atoms with Crippen molar-refractivity contribution in [2.45, 2.75) is 25.3 Å². The molecule has 18 heavy (non-hydrogen) atoms. The minimum Gasteiger partial charge on any atom is -0.490 e. The van der Waals surface area contributed by atoms with E-state index >= 15 is 0 Å². The molecule has 3 N–H and O–H groups in total. The highest BCUT2D eigenvalue weighted by Crippen LogP contribution is 2.33. The summed E-state index contributed by atoms with van der Waals surface area (Å²) in [4.78, 5) is 8.33. The molecule has 1 heterocycles. The molecule has 0 aliphatic heterocycles. The van der Waals surface area contributed by atoms with Crippen molar-refractivity contribution < 1.29 is 9.84 Å². The molecule has 1 aromatic rings. The first-order valence-electron chi connectivity index (χ1n) is 6.24. The Morgan fingerprint density at radius 3 is 2.83 bits per heavy atom. The number of aliphatic hydroxyl groups is 1. The number of ether oxygens (including phenoxy) is 1. The number of hydrogen-bond donors (Lipinski definition) is 3. The van der Waals surface area contributed by atoms with Crippen LogP contribution in [0.1, 0.15) is 19.3 Å². The number of anilines is 2. The molecule has 0 radical (unpaired) electrons. The molecule has 1 saturated carbocycles. The standard InChI is InChI=1S/C12H20N4O2/c1-13-11-10(18-2)12(15-7-14-11)16-9-5-3-4-8(9)6-17/h7-9,17H,3-6H2,1-2H3,(H2,13,14,15,16). The van der Waals surface area contributed by atoms with Crippen LogP contribution in [0.2, 0.25) is 0 Å². The van der Waals surface area contributed by atoms with E-state index in [1.54, 1.807) is 14.2 Å². The third kappa shape index (κ3) is 2.48. The van der Waals surface area contributed by atoms with Crippen LogP contribution in [0.25, 0.3) is 0 Å². The molecule has 0 bridgehead atoms. The monoisotopic (exact) mass is 252 g/mol. The van der Waals surface area contributed by atoms with Crippen molar-refractivity contribution in [3.63, 3.8) is 0 Å². The van der Waals surface area contributed by atoms with Crippen LogP contribution in [0.15, 0.2) is 6.33 Å². The molecule has 2 unspecified atom stereocenters. The molecular weight excluding hydrogens is 232 g/mol. The topological polar surface area (TPSA) is 79.3 Å². The largest absolute Gasteiger partial charge is 0.490 e. The van der Waals surface area contributed by atoms with Crippen LogP contribution in [0.5, 0.6) is 5.75 Å². The van der Waals surface area contributed by atoms with E-state index in [1.165, 1.54) is 6.33 Å². The quantitative estimate of drug-likeness (QED) is 0.728. The molecule has 1 fully saturated rings. The smallest absolute Gasteiger partial charge is 0.204 e. The lowest BCUT2D eigenvalue weighted by atomic mass is 10.1. The fraction of sp³-hybridized carbons (Fsp3) is 0.667. The summed E-state index contributed by atoms with van der Waals surface area (Å²) in [6, 6.07) is 0.253. The fourth-order valence-corrected chi connectivity index (χ4v) is 2.47. The molecule has 1 aromatic heterocycles. The highest BCUT2D eigenvalue weighted by molar-refractivity contribution is 5.63. The summed E-state index contributed by atoms with van der Waals surface area (Å²) in [6.07, 6.45) is 4.74. The van der Waals surface area contributed by atoms with Crippen molar-refractivity contribution in [1.29, 1.82) is 0 Å². The van der Waals surface area contributed by atoms with E-state index in [2.05, 4.69) is 20.6 Å². The van der Waals surface area contributed by atoms with Gasteiger partial charge in [-0.25, -0.2) is 9.97 Å². The number of nitrogens with one attached hydrogen (secondary N) is 2. The second-order valence-electron chi connectivity index (χ2n) is 4.48. The Balaban J connectivity index is 2.18. The fourth-order valence-electron chi connectivity index (χ4n) is 2.47. The van der Waals surface area contributed by atoms with Gasteiger partial charge in [-0.05, 0) is 12.8 Å². The van der Waals surface area contributed by atoms with E-state index in [9.17, 15) is 5.11 Å². The normalized spacial score (nSPS) is 22.8. The summed E-state index contributed by atoms with van der Waals surface area (Å²) in [5.74, 6) is 2.25. The van der Waals surface area contributed by atoms with Gasteiger partial charge < -0.3 is 20.5 Å². The van der Waals surface area contributed by atoms with Gasteiger partial charge in [0, 0.05) is 25.6 Å². The second-order valence-corrected chi connectivity index (χ2v) is 4.48. The predicted octanol–water partition coefficient (Wildman–Crippen LogP) is 1.10. The molecule has 2 rings (SSSR count). The maximum absolute atomic E-state index is 9.33. The van der Waals surface area contributed by atoms with Crippen molar-refractivity contribution in [1.82, 2.24) is 9.97 Å². The number of methoxy groups -OCH3 is 1. The maximum Gasteiger partial charge on any atom is 0.204 e. The van der Waals surface area contributed by atoms with Gasteiger partial charge >= 0.3 is 0 Å². The molecule has 6 heteroatoms. The molecule has 0 aromatic carbocycles. The first kappa shape index (κ1) is 12.9. The third-order valence-electron chi connectivity index (χ3n) is 3.46. The Bertz CT molecular complexity index is 400. The number of nitrogens with zero attached hydrogens (tertiary/aromatic N) is 2. The van der Waals surface area contributed by atoms with Gasteiger partial charge in [-0.2, -0.15) is 0 Å². The Morgan fingerprint density at radius 2 is 2.17 bits per heavy atom. The minimum atomic E-state index is 0.212. The van der Waals surface area contributed by atoms with Crippen molar-refractivity contribution in [3.8, 4) is 5.75 Å². The maximum atomic E-state index is 9.33. The minimum absolute atomic E-state index is 0.212. The Hall–Kier alpha value is -1.56. The number of hydrogen-bond acceptors (Lipinski definition) is 6. The second kappa shape index (κ2) is 5.86. The summed E-state index contributed by atoms with van der Waals surface area (Å²) in [5, 5.41) is 15.7. The summed E-state index contributed by atoms with van der Waals surface area (Å²) in [7, 11) is 3.39. The van der Waals surface area contributed by atoms with Gasteiger partial charge in [-0.15, -0.1) is 0 Å². The number of rotatable bonds is 5. The van der Waals surface area contributed by atoms with Crippen molar-refractivity contribution in [2.75, 3.05) is 31.4 Å².